The van der Waals surface area contributed by atoms with Crippen molar-refractivity contribution in [1.82, 2.24) is 5.32 Å². The van der Waals surface area contributed by atoms with Crippen LogP contribution < -0.4 is 14.4 Å². The molecule has 1 amide bonds. The number of benzene rings is 3. The lowest BCUT2D eigenvalue weighted by Gasteiger charge is -2.23. The third-order valence-electron chi connectivity index (χ3n) is 6.14. The first-order valence-electron chi connectivity index (χ1n) is 11.7. The van der Waals surface area contributed by atoms with Crippen molar-refractivity contribution >= 4 is 21.6 Å². The number of methoxy groups -OCH3 is 1. The molecule has 0 aromatic heterocycles. The molecule has 0 radical (unpaired) electrons. The summed E-state index contributed by atoms with van der Waals surface area (Å²) in [6, 6.07) is 16.1. The van der Waals surface area contributed by atoms with Crippen LogP contribution in [0.4, 0.5) is 10.1 Å². The minimum absolute atomic E-state index is 0.150. The molecule has 0 aliphatic rings. The molecule has 1 unspecified atom stereocenters. The van der Waals surface area contributed by atoms with E-state index in [9.17, 15) is 17.6 Å². The van der Waals surface area contributed by atoms with E-state index in [1.54, 1.807) is 49.6 Å². The molecular weight excluding hydrogens is 479 g/mol. The predicted molar refractivity (Wildman–Crippen MR) is 142 cm³/mol. The molecule has 1 N–H and O–H groups in total. The fraction of sp³-hybridized carbons (Fsp3) is 0.321. The average molecular weight is 513 g/mol. The Balaban J connectivity index is 1.81. The van der Waals surface area contributed by atoms with Gasteiger partial charge in [0.1, 0.15) is 11.6 Å². The van der Waals surface area contributed by atoms with Crippen LogP contribution in [-0.2, 0) is 16.6 Å². The van der Waals surface area contributed by atoms with Crippen LogP contribution in [-0.4, -0.2) is 27.7 Å². The molecule has 1 atom stereocenters. The number of carbonyl (C=O) groups excluding carboxylic acids is 1. The lowest BCUT2D eigenvalue weighted by molar-refractivity contribution is 0.0940. The highest BCUT2D eigenvalue weighted by molar-refractivity contribution is 7.92. The predicted octanol–water partition coefficient (Wildman–Crippen LogP) is 5.72. The first-order chi connectivity index (χ1) is 16.9. The van der Waals surface area contributed by atoms with Gasteiger partial charge >= 0.3 is 0 Å². The van der Waals surface area contributed by atoms with Gasteiger partial charge in [-0.25, -0.2) is 12.8 Å². The van der Waals surface area contributed by atoms with Crippen LogP contribution in [0, 0.1) is 12.7 Å². The molecule has 0 aliphatic heterocycles. The summed E-state index contributed by atoms with van der Waals surface area (Å²) in [5.74, 6) is 0.323. The Kier molecular flexibility index (Phi) is 8.40. The van der Waals surface area contributed by atoms with Crippen molar-refractivity contribution in [3.8, 4) is 5.75 Å². The number of anilines is 1. The molecule has 0 heterocycles. The van der Waals surface area contributed by atoms with E-state index in [0.717, 1.165) is 33.0 Å². The monoisotopic (exact) mass is 512 g/mol. The van der Waals surface area contributed by atoms with Gasteiger partial charge in [-0.1, -0.05) is 32.0 Å². The number of rotatable bonds is 9. The van der Waals surface area contributed by atoms with Gasteiger partial charge in [0, 0.05) is 11.1 Å². The SMILES string of the molecule is COc1cc(C)c(C(C)NC(=O)c2ccc(N(Cc3ccccc3F)S(C)(=O)=O)cc2)cc1C(C)C. The summed E-state index contributed by atoms with van der Waals surface area (Å²) in [5.41, 5.74) is 4.07. The van der Waals surface area contributed by atoms with Gasteiger partial charge in [-0.3, -0.25) is 9.10 Å². The summed E-state index contributed by atoms with van der Waals surface area (Å²) in [4.78, 5) is 13.0. The van der Waals surface area contributed by atoms with Crippen LogP contribution in [0.3, 0.4) is 0 Å². The summed E-state index contributed by atoms with van der Waals surface area (Å²) in [5, 5.41) is 3.02. The van der Waals surface area contributed by atoms with Gasteiger partial charge in [-0.05, 0) is 78.9 Å². The molecule has 0 spiro atoms. The number of sulfonamides is 1. The quantitative estimate of drug-likeness (QED) is 0.398. The molecule has 0 saturated heterocycles. The first kappa shape index (κ1) is 27.2. The summed E-state index contributed by atoms with van der Waals surface area (Å²) < 4.78 is 45.6. The molecule has 0 saturated carbocycles. The van der Waals surface area contributed by atoms with E-state index < -0.39 is 15.8 Å². The number of hydrogen-bond acceptors (Lipinski definition) is 4. The number of nitrogens with one attached hydrogen (secondary N) is 1. The largest absolute Gasteiger partial charge is 0.496 e. The maximum Gasteiger partial charge on any atom is 0.251 e. The van der Waals surface area contributed by atoms with Crippen LogP contribution >= 0.6 is 0 Å². The van der Waals surface area contributed by atoms with Crippen LogP contribution in [0.5, 0.6) is 5.75 Å². The molecule has 0 fully saturated rings. The van der Waals surface area contributed by atoms with Crippen molar-refractivity contribution in [2.75, 3.05) is 17.7 Å². The van der Waals surface area contributed by atoms with Crippen LogP contribution in [0.15, 0.2) is 60.7 Å². The van der Waals surface area contributed by atoms with Crippen molar-refractivity contribution in [3.63, 3.8) is 0 Å². The first-order valence-corrected chi connectivity index (χ1v) is 13.6. The zero-order valence-electron chi connectivity index (χ0n) is 21.5. The highest BCUT2D eigenvalue weighted by Crippen LogP contribution is 2.32. The highest BCUT2D eigenvalue weighted by atomic mass is 32.2. The normalized spacial score (nSPS) is 12.3. The Morgan fingerprint density at radius 3 is 2.22 bits per heavy atom. The van der Waals surface area contributed by atoms with E-state index in [2.05, 4.69) is 25.2 Å². The standard InChI is InChI=1S/C28H33FN2O4S/c1-18(2)24-16-25(19(3)15-27(24)35-5)20(4)30-28(32)21-11-13-23(14-12-21)31(36(6,33)34)17-22-9-7-8-10-26(22)29/h7-16,18,20H,17H2,1-6H3,(H,30,32). The number of ether oxygens (including phenoxy) is 1. The van der Waals surface area contributed by atoms with Crippen LogP contribution in [0.2, 0.25) is 0 Å². The van der Waals surface area contributed by atoms with Gasteiger partial charge in [-0.2, -0.15) is 0 Å². The second-order valence-corrected chi connectivity index (χ2v) is 11.1. The van der Waals surface area contributed by atoms with E-state index in [4.69, 9.17) is 4.74 Å². The van der Waals surface area contributed by atoms with Gasteiger partial charge in [0.05, 0.1) is 31.6 Å². The average Bonchev–Trinajstić information content (AvgIpc) is 2.82. The molecule has 3 aromatic rings. The molecular formula is C28H33FN2O4S. The molecule has 8 heteroatoms. The Morgan fingerprint density at radius 2 is 1.67 bits per heavy atom. The van der Waals surface area contributed by atoms with Crippen molar-refractivity contribution in [1.29, 1.82) is 0 Å². The van der Waals surface area contributed by atoms with Crippen molar-refractivity contribution < 1.29 is 22.3 Å². The van der Waals surface area contributed by atoms with E-state index in [-0.39, 0.29) is 30.0 Å². The number of aryl methyl sites for hydroxylation is 1. The molecule has 3 rings (SSSR count). The van der Waals surface area contributed by atoms with Crippen LogP contribution in [0.25, 0.3) is 0 Å². The van der Waals surface area contributed by atoms with Gasteiger partial charge in [0.2, 0.25) is 10.0 Å². The van der Waals surface area contributed by atoms with E-state index in [1.807, 2.05) is 19.9 Å². The van der Waals surface area contributed by atoms with Crippen molar-refractivity contribution in [2.24, 2.45) is 0 Å². The number of halogens is 1. The second-order valence-electron chi connectivity index (χ2n) is 9.21. The van der Waals surface area contributed by atoms with Crippen LogP contribution in [0.1, 0.15) is 65.3 Å². The lowest BCUT2D eigenvalue weighted by atomic mass is 9.93. The summed E-state index contributed by atoms with van der Waals surface area (Å²) in [7, 11) is -2.04. The van der Waals surface area contributed by atoms with Crippen molar-refractivity contribution in [3.05, 3.63) is 94.3 Å². The molecule has 6 nitrogen and oxygen atoms in total. The van der Waals surface area contributed by atoms with E-state index in [1.165, 1.54) is 6.07 Å². The third kappa shape index (κ3) is 6.23. The maximum absolute atomic E-state index is 14.1. The zero-order valence-corrected chi connectivity index (χ0v) is 22.3. The Labute approximate surface area is 213 Å². The molecule has 0 bridgehead atoms. The zero-order chi connectivity index (χ0) is 26.6. The molecule has 3 aromatic carbocycles. The summed E-state index contributed by atoms with van der Waals surface area (Å²) >= 11 is 0. The topological polar surface area (TPSA) is 75.7 Å². The van der Waals surface area contributed by atoms with Gasteiger partial charge < -0.3 is 10.1 Å². The lowest BCUT2D eigenvalue weighted by Crippen LogP contribution is -2.30. The smallest absolute Gasteiger partial charge is 0.251 e. The second kappa shape index (κ2) is 11.1. The van der Waals surface area contributed by atoms with Gasteiger partial charge in [-0.15, -0.1) is 0 Å². The Hall–Kier alpha value is -3.39. The number of amides is 1. The minimum Gasteiger partial charge on any atom is -0.496 e. The molecule has 0 aliphatic carbocycles. The fourth-order valence-electron chi connectivity index (χ4n) is 4.13. The number of hydrogen-bond donors (Lipinski definition) is 1. The third-order valence-corrected chi connectivity index (χ3v) is 7.28. The fourth-order valence-corrected chi connectivity index (χ4v) is 5.01. The van der Waals surface area contributed by atoms with Crippen molar-refractivity contribution in [2.45, 2.75) is 46.2 Å². The Morgan fingerprint density at radius 1 is 1.03 bits per heavy atom. The maximum atomic E-state index is 14.1. The number of nitrogens with zero attached hydrogens (tertiary/aromatic N) is 1. The minimum atomic E-state index is -3.69. The molecule has 36 heavy (non-hydrogen) atoms. The summed E-state index contributed by atoms with van der Waals surface area (Å²) in [6.07, 6.45) is 1.07. The van der Waals surface area contributed by atoms with Gasteiger partial charge in [0.15, 0.2) is 0 Å². The summed E-state index contributed by atoms with van der Waals surface area (Å²) in [6.45, 7) is 7.93. The highest BCUT2D eigenvalue weighted by Gasteiger charge is 2.21. The molecule has 192 valence electrons. The number of carbonyl (C=O) groups is 1. The Bertz CT molecular complexity index is 1340. The van der Waals surface area contributed by atoms with E-state index in [0.29, 0.717) is 11.3 Å². The van der Waals surface area contributed by atoms with Gasteiger partial charge in [0.25, 0.3) is 5.91 Å². The van der Waals surface area contributed by atoms with E-state index >= 15 is 0 Å².